The summed E-state index contributed by atoms with van der Waals surface area (Å²) in [4.78, 5) is 14.2. The molecule has 0 saturated heterocycles. The molecule has 1 radical (unpaired) electrons. The van der Waals surface area contributed by atoms with Crippen molar-refractivity contribution in [2.75, 3.05) is 0 Å². The Morgan fingerprint density at radius 3 is 2.77 bits per heavy atom. The molecule has 1 N–H and O–H groups in total. The van der Waals surface area contributed by atoms with Crippen LogP contribution in [0.25, 0.3) is 0 Å². The van der Waals surface area contributed by atoms with Gasteiger partial charge < -0.3 is 9.67 Å². The van der Waals surface area contributed by atoms with Crippen LogP contribution >= 0.6 is 0 Å². The first-order chi connectivity index (χ1) is 6.11. The number of carboxylic acid groups (broad SMARTS) is 1. The highest BCUT2D eigenvalue weighted by molar-refractivity contribution is 5.66. The van der Waals surface area contributed by atoms with E-state index in [0.717, 1.165) is 11.4 Å². The van der Waals surface area contributed by atoms with Gasteiger partial charge in [0.15, 0.2) is 6.33 Å². The maximum absolute atomic E-state index is 10.2. The standard InChI is InChI=1S/C9H13N2O2/c1-7-8(2)11(6-10-7)5-3-4-9(12)13/h3-5H2,1-2H3,(H,12,13). The minimum atomic E-state index is -0.755. The average molecular weight is 181 g/mol. The van der Waals surface area contributed by atoms with Crippen molar-refractivity contribution in [1.29, 1.82) is 0 Å². The Morgan fingerprint density at radius 1 is 1.62 bits per heavy atom. The van der Waals surface area contributed by atoms with Gasteiger partial charge in [0, 0.05) is 18.7 Å². The van der Waals surface area contributed by atoms with Gasteiger partial charge in [-0.05, 0) is 20.3 Å². The minimum absolute atomic E-state index is 0.199. The molecule has 1 heterocycles. The predicted octanol–water partition coefficient (Wildman–Crippen LogP) is 1.16. The number of nitrogens with zero attached hydrogens (tertiary/aromatic N) is 2. The Kier molecular flexibility index (Phi) is 3.06. The second-order valence-corrected chi connectivity index (χ2v) is 3.03. The number of aromatic nitrogens is 2. The molecule has 71 valence electrons. The molecule has 0 aliphatic rings. The van der Waals surface area contributed by atoms with Crippen molar-refractivity contribution in [3.63, 3.8) is 0 Å². The second-order valence-electron chi connectivity index (χ2n) is 3.03. The van der Waals surface area contributed by atoms with Crippen LogP contribution in [0.1, 0.15) is 24.2 Å². The SMILES string of the molecule is Cc1n[c]n(CCCC(=O)O)c1C. The van der Waals surface area contributed by atoms with Gasteiger partial charge in [-0.25, -0.2) is 4.98 Å². The topological polar surface area (TPSA) is 55.1 Å². The van der Waals surface area contributed by atoms with Gasteiger partial charge in [-0.15, -0.1) is 0 Å². The summed E-state index contributed by atoms with van der Waals surface area (Å²) in [5.74, 6) is -0.755. The Bertz CT molecular complexity index is 305. The van der Waals surface area contributed by atoms with Crippen LogP contribution in [-0.4, -0.2) is 20.6 Å². The highest BCUT2D eigenvalue weighted by Gasteiger charge is 2.03. The van der Waals surface area contributed by atoms with E-state index < -0.39 is 5.97 Å². The summed E-state index contributed by atoms with van der Waals surface area (Å²) < 4.78 is 1.86. The van der Waals surface area contributed by atoms with Crippen LogP contribution < -0.4 is 0 Å². The molecule has 1 rings (SSSR count). The lowest BCUT2D eigenvalue weighted by molar-refractivity contribution is -0.137. The maximum Gasteiger partial charge on any atom is 0.303 e. The molecule has 4 heteroatoms. The summed E-state index contributed by atoms with van der Waals surface area (Å²) in [6, 6.07) is 0. The smallest absolute Gasteiger partial charge is 0.303 e. The van der Waals surface area contributed by atoms with Gasteiger partial charge >= 0.3 is 5.97 Å². The van der Waals surface area contributed by atoms with E-state index in [1.54, 1.807) is 0 Å². The van der Waals surface area contributed by atoms with E-state index in [1.807, 2.05) is 18.4 Å². The van der Waals surface area contributed by atoms with Crippen LogP contribution in [0.2, 0.25) is 0 Å². The van der Waals surface area contributed by atoms with Crippen LogP contribution in [0, 0.1) is 20.2 Å². The number of hydrogen-bond donors (Lipinski definition) is 1. The Hall–Kier alpha value is -1.32. The molecule has 0 amide bonds. The average Bonchev–Trinajstić information content (AvgIpc) is 2.35. The molecule has 0 aromatic carbocycles. The second kappa shape index (κ2) is 4.07. The number of hydrogen-bond acceptors (Lipinski definition) is 2. The zero-order valence-electron chi connectivity index (χ0n) is 7.87. The molecule has 1 aromatic heterocycles. The molecule has 0 fully saturated rings. The lowest BCUT2D eigenvalue weighted by Crippen LogP contribution is -2.02. The van der Waals surface area contributed by atoms with Crippen molar-refractivity contribution in [3.05, 3.63) is 17.7 Å². The summed E-state index contributed by atoms with van der Waals surface area (Å²) in [6.07, 6.45) is 3.65. The van der Waals surface area contributed by atoms with Crippen molar-refractivity contribution in [2.24, 2.45) is 0 Å². The van der Waals surface area contributed by atoms with E-state index in [1.165, 1.54) is 0 Å². The Morgan fingerprint density at radius 2 is 2.31 bits per heavy atom. The number of imidazole rings is 1. The molecule has 0 atom stereocenters. The molecule has 0 aliphatic heterocycles. The zero-order valence-corrected chi connectivity index (χ0v) is 7.87. The van der Waals surface area contributed by atoms with Crippen molar-refractivity contribution < 1.29 is 9.90 Å². The summed E-state index contributed by atoms with van der Waals surface area (Å²) in [6.45, 7) is 4.55. The zero-order chi connectivity index (χ0) is 9.84. The largest absolute Gasteiger partial charge is 0.481 e. The fourth-order valence-electron chi connectivity index (χ4n) is 1.09. The van der Waals surface area contributed by atoms with Gasteiger partial charge in [-0.3, -0.25) is 4.79 Å². The molecule has 13 heavy (non-hydrogen) atoms. The molecule has 4 nitrogen and oxygen atoms in total. The molecule has 0 saturated carbocycles. The van der Waals surface area contributed by atoms with Crippen LogP contribution in [0.5, 0.6) is 0 Å². The first-order valence-corrected chi connectivity index (χ1v) is 4.24. The Labute approximate surface area is 77.2 Å². The molecule has 0 unspecified atom stereocenters. The summed E-state index contributed by atoms with van der Waals surface area (Å²) >= 11 is 0. The highest BCUT2D eigenvalue weighted by Crippen LogP contribution is 2.05. The monoisotopic (exact) mass is 181 g/mol. The summed E-state index contributed by atoms with van der Waals surface area (Å²) in [7, 11) is 0. The van der Waals surface area contributed by atoms with Crippen LogP contribution in [0.3, 0.4) is 0 Å². The molecular formula is C9H13N2O2. The number of carbonyl (C=O) groups is 1. The van der Waals surface area contributed by atoms with Gasteiger partial charge in [0.1, 0.15) is 0 Å². The van der Waals surface area contributed by atoms with Crippen LogP contribution in [-0.2, 0) is 11.3 Å². The van der Waals surface area contributed by atoms with Crippen LogP contribution in [0.4, 0.5) is 0 Å². The molecule has 1 aromatic rings. The van der Waals surface area contributed by atoms with Crippen molar-refractivity contribution >= 4 is 5.97 Å². The maximum atomic E-state index is 10.2. The van der Waals surface area contributed by atoms with Gasteiger partial charge in [0.2, 0.25) is 0 Å². The molecule has 0 bridgehead atoms. The first kappa shape index (κ1) is 9.77. The number of aryl methyl sites for hydroxylation is 2. The van der Waals surface area contributed by atoms with E-state index in [4.69, 9.17) is 5.11 Å². The minimum Gasteiger partial charge on any atom is -0.481 e. The van der Waals surface area contributed by atoms with Gasteiger partial charge in [0.25, 0.3) is 0 Å². The van der Waals surface area contributed by atoms with Crippen molar-refractivity contribution in [1.82, 2.24) is 9.55 Å². The lowest BCUT2D eigenvalue weighted by atomic mass is 10.3. The summed E-state index contributed by atoms with van der Waals surface area (Å²) in [5, 5.41) is 8.43. The van der Waals surface area contributed by atoms with Crippen molar-refractivity contribution in [2.45, 2.75) is 33.2 Å². The normalized spacial score (nSPS) is 10.3. The fraction of sp³-hybridized carbons (Fsp3) is 0.556. The van der Waals surface area contributed by atoms with E-state index in [-0.39, 0.29) is 6.42 Å². The van der Waals surface area contributed by atoms with E-state index in [2.05, 4.69) is 11.3 Å². The first-order valence-electron chi connectivity index (χ1n) is 4.24. The molecular weight excluding hydrogens is 168 g/mol. The van der Waals surface area contributed by atoms with Crippen molar-refractivity contribution in [3.8, 4) is 0 Å². The summed E-state index contributed by atoms with van der Waals surface area (Å²) in [5.41, 5.74) is 2.01. The molecule has 0 spiro atoms. The number of aliphatic carboxylic acids is 1. The van der Waals surface area contributed by atoms with Gasteiger partial charge in [0.05, 0.1) is 5.69 Å². The number of carboxylic acids is 1. The quantitative estimate of drug-likeness (QED) is 0.758. The highest BCUT2D eigenvalue weighted by atomic mass is 16.4. The lowest BCUT2D eigenvalue weighted by Gasteiger charge is -2.02. The third-order valence-corrected chi connectivity index (χ3v) is 2.04. The van der Waals surface area contributed by atoms with E-state index >= 15 is 0 Å². The van der Waals surface area contributed by atoms with Gasteiger partial charge in [-0.2, -0.15) is 0 Å². The molecule has 0 aliphatic carbocycles. The number of rotatable bonds is 4. The van der Waals surface area contributed by atoms with Crippen LogP contribution in [0.15, 0.2) is 0 Å². The predicted molar refractivity (Wildman–Crippen MR) is 47.4 cm³/mol. The van der Waals surface area contributed by atoms with E-state index in [9.17, 15) is 4.79 Å². The third kappa shape index (κ3) is 2.57. The fourth-order valence-corrected chi connectivity index (χ4v) is 1.09. The van der Waals surface area contributed by atoms with Gasteiger partial charge in [-0.1, -0.05) is 0 Å². The third-order valence-electron chi connectivity index (χ3n) is 2.04. The Balaban J connectivity index is 2.45. The van der Waals surface area contributed by atoms with E-state index in [0.29, 0.717) is 13.0 Å².